The lowest BCUT2D eigenvalue weighted by Crippen LogP contribution is -2.04. The normalized spacial score (nSPS) is 11.3. The van der Waals surface area contributed by atoms with Gasteiger partial charge < -0.3 is 4.84 Å². The Balaban J connectivity index is 1.69. The summed E-state index contributed by atoms with van der Waals surface area (Å²) in [7, 11) is 0. The van der Waals surface area contributed by atoms with Crippen LogP contribution in [-0.4, -0.2) is 21.5 Å². The molecule has 0 atom stereocenters. The lowest BCUT2D eigenvalue weighted by Gasteiger charge is -2.02. The predicted octanol–water partition coefficient (Wildman–Crippen LogP) is 5.77. The minimum Gasteiger partial charge on any atom is -0.312 e. The van der Waals surface area contributed by atoms with Crippen LogP contribution < -0.4 is 0 Å². The molecule has 148 valence electrons. The number of hydrogen-bond donors (Lipinski definition) is 0. The SMILES string of the molecule is C/C(=N\OC(=O)c1cn(-c2ccccc2)nc1-c1ccc(Cl)cc1)c1ccccc1. The summed E-state index contributed by atoms with van der Waals surface area (Å²) < 4.78 is 1.65. The second-order valence-electron chi connectivity index (χ2n) is 6.60. The van der Waals surface area contributed by atoms with Crippen LogP contribution in [0.1, 0.15) is 22.8 Å². The summed E-state index contributed by atoms with van der Waals surface area (Å²) in [4.78, 5) is 18.1. The topological polar surface area (TPSA) is 56.5 Å². The summed E-state index contributed by atoms with van der Waals surface area (Å²) in [5.41, 5.74) is 3.87. The second-order valence-corrected chi connectivity index (χ2v) is 7.04. The molecule has 0 saturated heterocycles. The van der Waals surface area contributed by atoms with Crippen LogP contribution in [0, 0.1) is 0 Å². The Morgan fingerprint density at radius 1 is 0.933 bits per heavy atom. The molecule has 4 rings (SSSR count). The largest absolute Gasteiger partial charge is 0.369 e. The van der Waals surface area contributed by atoms with E-state index < -0.39 is 5.97 Å². The minimum atomic E-state index is -0.586. The Kier molecular flexibility index (Phi) is 5.72. The molecule has 0 aliphatic carbocycles. The number of halogens is 1. The molecule has 4 aromatic rings. The summed E-state index contributed by atoms with van der Waals surface area (Å²) in [5, 5.41) is 9.23. The molecule has 1 aromatic heterocycles. The van der Waals surface area contributed by atoms with E-state index in [9.17, 15) is 4.79 Å². The summed E-state index contributed by atoms with van der Waals surface area (Å²) in [6.45, 7) is 1.79. The van der Waals surface area contributed by atoms with E-state index in [0.717, 1.165) is 16.8 Å². The van der Waals surface area contributed by atoms with Crippen molar-refractivity contribution in [2.24, 2.45) is 5.16 Å². The Labute approximate surface area is 179 Å². The second kappa shape index (κ2) is 8.76. The average Bonchev–Trinajstić information content (AvgIpc) is 3.24. The Morgan fingerprint density at radius 3 is 2.23 bits per heavy atom. The van der Waals surface area contributed by atoms with Gasteiger partial charge in [-0.2, -0.15) is 5.10 Å². The number of rotatable bonds is 5. The number of benzene rings is 3. The molecule has 0 amide bonds. The van der Waals surface area contributed by atoms with Crippen LogP contribution in [0.3, 0.4) is 0 Å². The van der Waals surface area contributed by atoms with Crippen LogP contribution in [-0.2, 0) is 4.84 Å². The van der Waals surface area contributed by atoms with E-state index in [0.29, 0.717) is 22.0 Å². The molecule has 0 N–H and O–H groups in total. The molecule has 1 heterocycles. The summed E-state index contributed by atoms with van der Waals surface area (Å²) >= 11 is 6.01. The van der Waals surface area contributed by atoms with Gasteiger partial charge in [0.05, 0.1) is 11.4 Å². The zero-order chi connectivity index (χ0) is 20.9. The van der Waals surface area contributed by atoms with Crippen LogP contribution in [0.4, 0.5) is 0 Å². The fraction of sp³-hybridized carbons (Fsp3) is 0.0417. The third kappa shape index (κ3) is 4.31. The molecule has 0 spiro atoms. The first-order valence-corrected chi connectivity index (χ1v) is 9.72. The van der Waals surface area contributed by atoms with Gasteiger partial charge in [-0.3, -0.25) is 0 Å². The zero-order valence-corrected chi connectivity index (χ0v) is 17.0. The smallest absolute Gasteiger partial charge is 0.312 e. The van der Waals surface area contributed by atoms with Crippen molar-refractivity contribution in [1.29, 1.82) is 0 Å². The van der Waals surface area contributed by atoms with Gasteiger partial charge in [0.1, 0.15) is 11.3 Å². The van der Waals surface area contributed by atoms with Crippen molar-refractivity contribution in [2.75, 3.05) is 0 Å². The maximum Gasteiger partial charge on any atom is 0.369 e. The van der Waals surface area contributed by atoms with Crippen molar-refractivity contribution in [2.45, 2.75) is 6.92 Å². The third-order valence-corrected chi connectivity index (χ3v) is 4.78. The first-order chi connectivity index (χ1) is 14.6. The summed E-state index contributed by atoms with van der Waals surface area (Å²) in [6.07, 6.45) is 1.65. The van der Waals surface area contributed by atoms with Crippen LogP contribution in [0.25, 0.3) is 16.9 Å². The van der Waals surface area contributed by atoms with Crippen molar-refractivity contribution in [1.82, 2.24) is 9.78 Å². The molecule has 0 aliphatic rings. The fourth-order valence-electron chi connectivity index (χ4n) is 2.95. The van der Waals surface area contributed by atoms with Gasteiger partial charge in [0, 0.05) is 16.8 Å². The zero-order valence-electron chi connectivity index (χ0n) is 16.2. The quantitative estimate of drug-likeness (QED) is 0.236. The van der Waals surface area contributed by atoms with Crippen LogP contribution in [0.15, 0.2) is 96.3 Å². The molecule has 30 heavy (non-hydrogen) atoms. The summed E-state index contributed by atoms with van der Waals surface area (Å²) in [6, 6.07) is 26.2. The highest BCUT2D eigenvalue weighted by atomic mass is 35.5. The molecule has 5 nitrogen and oxygen atoms in total. The monoisotopic (exact) mass is 415 g/mol. The van der Waals surface area contributed by atoms with E-state index in [1.54, 1.807) is 29.9 Å². The third-order valence-electron chi connectivity index (χ3n) is 4.53. The average molecular weight is 416 g/mol. The van der Waals surface area contributed by atoms with E-state index in [1.165, 1.54) is 0 Å². The van der Waals surface area contributed by atoms with Crippen LogP contribution >= 0.6 is 11.6 Å². The Bertz CT molecular complexity index is 1180. The van der Waals surface area contributed by atoms with E-state index >= 15 is 0 Å². The van der Waals surface area contributed by atoms with Crippen LogP contribution in [0.2, 0.25) is 5.02 Å². The lowest BCUT2D eigenvalue weighted by molar-refractivity contribution is 0.0517. The Hall–Kier alpha value is -3.70. The van der Waals surface area contributed by atoms with E-state index in [1.807, 2.05) is 72.8 Å². The molecule has 0 bridgehead atoms. The molecule has 0 saturated carbocycles. The maximum atomic E-state index is 12.9. The minimum absolute atomic E-state index is 0.311. The standard InChI is InChI=1S/C24H18ClN3O2/c1-17(18-8-4-2-5-9-18)27-30-24(29)22-16-28(21-10-6-3-7-11-21)26-23(22)19-12-14-20(25)15-13-19/h2-16H,1H3/b27-17+. The molecule has 6 heteroatoms. The molecular formula is C24H18ClN3O2. The lowest BCUT2D eigenvalue weighted by atomic mass is 10.1. The highest BCUT2D eigenvalue weighted by Crippen LogP contribution is 2.26. The number of hydrogen-bond acceptors (Lipinski definition) is 4. The van der Waals surface area contributed by atoms with Crippen molar-refractivity contribution in [3.63, 3.8) is 0 Å². The maximum absolute atomic E-state index is 12.9. The number of carbonyl (C=O) groups is 1. The first kappa shape index (κ1) is 19.6. The van der Waals surface area contributed by atoms with Gasteiger partial charge in [-0.05, 0) is 36.8 Å². The number of aromatic nitrogens is 2. The van der Waals surface area contributed by atoms with E-state index in [-0.39, 0.29) is 0 Å². The Morgan fingerprint density at radius 2 is 1.57 bits per heavy atom. The van der Waals surface area contributed by atoms with Crippen molar-refractivity contribution < 1.29 is 9.63 Å². The first-order valence-electron chi connectivity index (χ1n) is 9.34. The van der Waals surface area contributed by atoms with Gasteiger partial charge >= 0.3 is 5.97 Å². The van der Waals surface area contributed by atoms with Gasteiger partial charge in [0.15, 0.2) is 0 Å². The van der Waals surface area contributed by atoms with Gasteiger partial charge in [0.25, 0.3) is 0 Å². The number of oxime groups is 1. The van der Waals surface area contributed by atoms with E-state index in [4.69, 9.17) is 16.4 Å². The van der Waals surface area contributed by atoms with Gasteiger partial charge in [0.2, 0.25) is 0 Å². The van der Waals surface area contributed by atoms with E-state index in [2.05, 4.69) is 10.3 Å². The van der Waals surface area contributed by atoms with Gasteiger partial charge in [-0.15, -0.1) is 0 Å². The molecule has 0 fully saturated rings. The van der Waals surface area contributed by atoms with Gasteiger partial charge in [-0.1, -0.05) is 77.4 Å². The fourth-order valence-corrected chi connectivity index (χ4v) is 3.07. The summed E-state index contributed by atoms with van der Waals surface area (Å²) in [5.74, 6) is -0.586. The van der Waals surface area contributed by atoms with Crippen molar-refractivity contribution in [3.05, 3.63) is 107 Å². The predicted molar refractivity (Wildman–Crippen MR) is 118 cm³/mol. The van der Waals surface area contributed by atoms with Crippen molar-refractivity contribution in [3.8, 4) is 16.9 Å². The van der Waals surface area contributed by atoms with Crippen LogP contribution in [0.5, 0.6) is 0 Å². The highest BCUT2D eigenvalue weighted by molar-refractivity contribution is 6.30. The molecule has 0 unspecified atom stereocenters. The molecular weight excluding hydrogens is 398 g/mol. The number of carbonyl (C=O) groups excluding carboxylic acids is 1. The number of para-hydroxylation sites is 1. The highest BCUT2D eigenvalue weighted by Gasteiger charge is 2.20. The molecule has 3 aromatic carbocycles. The molecule has 0 radical (unpaired) electrons. The van der Waals surface area contributed by atoms with Crippen molar-refractivity contribution >= 4 is 23.3 Å². The van der Waals surface area contributed by atoms with Gasteiger partial charge in [-0.25, -0.2) is 9.48 Å². The number of nitrogens with zero attached hydrogens (tertiary/aromatic N) is 3. The molecule has 0 aliphatic heterocycles.